The highest BCUT2D eigenvalue weighted by molar-refractivity contribution is 7.39. The fourth-order valence-corrected chi connectivity index (χ4v) is 4.85. The molecule has 0 amide bonds. The Balaban J connectivity index is 1.81. The topological polar surface area (TPSA) is 132 Å². The third-order valence-corrected chi connectivity index (χ3v) is 7.03. The number of anilines is 1. The first kappa shape index (κ1) is 22.1. The molecule has 0 radical (unpaired) electrons. The number of imidazole rings is 1. The normalized spacial score (nSPS) is 27.8. The largest absolute Gasteiger partial charge is 0.388 e. The van der Waals surface area contributed by atoms with Crippen LogP contribution < -0.4 is 5.32 Å². The van der Waals surface area contributed by atoms with Crippen molar-refractivity contribution in [2.45, 2.75) is 70.2 Å². The summed E-state index contributed by atoms with van der Waals surface area (Å²) in [5, 5.41) is 24.2. The maximum atomic E-state index is 12.2. The van der Waals surface area contributed by atoms with Gasteiger partial charge in [0.25, 0.3) is 0 Å². The molecule has 0 saturated carbocycles. The second-order valence-corrected chi connectivity index (χ2v) is 9.02. The van der Waals surface area contributed by atoms with Crippen molar-refractivity contribution in [1.82, 2.24) is 19.5 Å². The van der Waals surface area contributed by atoms with E-state index < -0.39 is 38.2 Å². The Kier molecular flexibility index (Phi) is 6.90. The van der Waals surface area contributed by atoms with Crippen LogP contribution in [0.3, 0.4) is 0 Å². The summed E-state index contributed by atoms with van der Waals surface area (Å²) in [5.74, 6) is 0.561. The summed E-state index contributed by atoms with van der Waals surface area (Å²) in [5.41, 5.74) is 0.316. The number of aromatic nitrogens is 4. The maximum Gasteiger partial charge on any atom is 0.192 e. The molecule has 1 aliphatic rings. The molecule has 10 nitrogen and oxygen atoms in total. The van der Waals surface area contributed by atoms with Gasteiger partial charge in [0.05, 0.1) is 18.0 Å². The van der Waals surface area contributed by atoms with Gasteiger partial charge < -0.3 is 24.8 Å². The lowest BCUT2D eigenvalue weighted by molar-refractivity contribution is -0.0620. The Labute approximate surface area is 170 Å². The fourth-order valence-electron chi connectivity index (χ4n) is 3.56. The summed E-state index contributed by atoms with van der Waals surface area (Å²) in [4.78, 5) is 12.7. The van der Waals surface area contributed by atoms with Crippen LogP contribution in [0.4, 0.5) is 5.82 Å². The highest BCUT2D eigenvalue weighted by Crippen LogP contribution is 2.40. The molecule has 1 fully saturated rings. The zero-order chi connectivity index (χ0) is 21.2. The summed E-state index contributed by atoms with van der Waals surface area (Å²) in [6.45, 7) is 5.76. The average molecular weight is 427 g/mol. The highest BCUT2D eigenvalue weighted by Gasteiger charge is 2.47. The fraction of sp³-hybridized carbons (Fsp3) is 0.722. The summed E-state index contributed by atoms with van der Waals surface area (Å²) >= 11 is 0. The lowest BCUT2D eigenvalue weighted by atomic mass is 9.93. The molecule has 162 valence electrons. The van der Waals surface area contributed by atoms with Crippen molar-refractivity contribution in [3.05, 3.63) is 12.7 Å². The lowest BCUT2D eigenvalue weighted by Gasteiger charge is -2.31. The Hall–Kier alpha value is -1.58. The third-order valence-electron chi connectivity index (χ3n) is 5.40. The van der Waals surface area contributed by atoms with E-state index in [4.69, 9.17) is 9.26 Å². The van der Waals surface area contributed by atoms with Crippen molar-refractivity contribution in [3.63, 3.8) is 0 Å². The molecule has 2 aromatic rings. The van der Waals surface area contributed by atoms with Crippen molar-refractivity contribution >= 4 is 25.0 Å². The highest BCUT2D eigenvalue weighted by atomic mass is 31.1. The zero-order valence-electron chi connectivity index (χ0n) is 17.2. The number of fused-ring (bicyclic) bond motifs is 1. The molecule has 3 heterocycles. The van der Waals surface area contributed by atoms with Gasteiger partial charge >= 0.3 is 0 Å². The van der Waals surface area contributed by atoms with Gasteiger partial charge in [-0.2, -0.15) is 0 Å². The average Bonchev–Trinajstić information content (AvgIpc) is 3.24. The van der Waals surface area contributed by atoms with Crippen LogP contribution in [0.5, 0.6) is 0 Å². The van der Waals surface area contributed by atoms with E-state index in [2.05, 4.69) is 20.3 Å². The van der Waals surface area contributed by atoms with Crippen LogP contribution in [0.25, 0.3) is 11.2 Å². The first-order valence-corrected chi connectivity index (χ1v) is 11.4. The molecule has 11 heteroatoms. The van der Waals surface area contributed by atoms with Gasteiger partial charge in [-0.05, 0) is 19.8 Å². The quantitative estimate of drug-likeness (QED) is 0.514. The Morgan fingerprint density at radius 1 is 1.31 bits per heavy atom. The number of aliphatic hydroxyl groups is 2. The van der Waals surface area contributed by atoms with Crippen LogP contribution in [-0.4, -0.2) is 66.9 Å². The molecule has 0 bridgehead atoms. The van der Waals surface area contributed by atoms with E-state index in [1.54, 1.807) is 11.6 Å². The molecule has 0 aromatic carbocycles. The summed E-state index contributed by atoms with van der Waals surface area (Å²) < 4.78 is 25.6. The van der Waals surface area contributed by atoms with Crippen LogP contribution in [0.1, 0.15) is 46.3 Å². The first-order valence-electron chi connectivity index (χ1n) is 9.92. The standard InChI is InChI=1S/C18H30N5O5P/c1-5-7-29(26)28-18(3,6-2)8-11-13(24)14(25)17(27-11)23-10-22-12-15(19-4)20-9-21-16(12)23/h9-11,13-14,17,24-25,29H,5-8H2,1-4H3,(H,19,20,21)/t11-,13-,14-,17?,18+/m1/s1. The van der Waals surface area contributed by atoms with Crippen LogP contribution >= 0.6 is 8.03 Å². The minimum atomic E-state index is -2.16. The van der Waals surface area contributed by atoms with E-state index in [9.17, 15) is 14.8 Å². The van der Waals surface area contributed by atoms with Crippen LogP contribution in [0.2, 0.25) is 0 Å². The molecular formula is C18H30N5O5P. The number of ether oxygens (including phenoxy) is 1. The Morgan fingerprint density at radius 2 is 2.07 bits per heavy atom. The molecule has 6 atom stereocenters. The lowest BCUT2D eigenvalue weighted by Crippen LogP contribution is -2.38. The molecular weight excluding hydrogens is 397 g/mol. The predicted octanol–water partition coefficient (Wildman–Crippen LogP) is 1.95. The van der Waals surface area contributed by atoms with Gasteiger partial charge in [-0.1, -0.05) is 13.8 Å². The van der Waals surface area contributed by atoms with Gasteiger partial charge in [0.1, 0.15) is 24.1 Å². The molecule has 0 spiro atoms. The van der Waals surface area contributed by atoms with Crippen molar-refractivity contribution in [2.24, 2.45) is 0 Å². The number of hydrogen-bond acceptors (Lipinski definition) is 9. The molecule has 2 unspecified atom stereocenters. The van der Waals surface area contributed by atoms with Gasteiger partial charge in [0.2, 0.25) is 0 Å². The van der Waals surface area contributed by atoms with E-state index in [0.29, 0.717) is 36.0 Å². The van der Waals surface area contributed by atoms with E-state index >= 15 is 0 Å². The maximum absolute atomic E-state index is 12.2. The Bertz CT molecular complexity index is 864. The zero-order valence-corrected chi connectivity index (χ0v) is 18.2. The Morgan fingerprint density at radius 3 is 2.72 bits per heavy atom. The smallest absolute Gasteiger partial charge is 0.192 e. The second-order valence-electron chi connectivity index (χ2n) is 7.57. The number of nitrogens with one attached hydrogen (secondary N) is 1. The van der Waals surface area contributed by atoms with E-state index in [-0.39, 0.29) is 0 Å². The molecule has 1 aliphatic heterocycles. The molecule has 0 aliphatic carbocycles. The van der Waals surface area contributed by atoms with Gasteiger partial charge in [-0.15, -0.1) is 0 Å². The van der Waals surface area contributed by atoms with Crippen molar-refractivity contribution in [2.75, 3.05) is 18.5 Å². The monoisotopic (exact) mass is 427 g/mol. The van der Waals surface area contributed by atoms with Crippen LogP contribution in [0.15, 0.2) is 12.7 Å². The number of rotatable bonds is 9. The van der Waals surface area contributed by atoms with Crippen molar-refractivity contribution < 1.29 is 24.0 Å². The summed E-state index contributed by atoms with van der Waals surface area (Å²) in [6, 6.07) is 0. The van der Waals surface area contributed by atoms with Crippen LogP contribution in [-0.2, 0) is 13.8 Å². The van der Waals surface area contributed by atoms with Gasteiger partial charge in [0, 0.05) is 19.6 Å². The van der Waals surface area contributed by atoms with E-state index in [1.165, 1.54) is 12.7 Å². The molecule has 3 rings (SSSR count). The van der Waals surface area contributed by atoms with E-state index in [1.807, 2.05) is 20.8 Å². The van der Waals surface area contributed by atoms with Gasteiger partial charge in [0.15, 0.2) is 25.7 Å². The summed E-state index contributed by atoms with van der Waals surface area (Å²) in [7, 11) is -0.428. The van der Waals surface area contributed by atoms with Crippen molar-refractivity contribution in [3.8, 4) is 0 Å². The number of aliphatic hydroxyl groups excluding tert-OH is 2. The minimum absolute atomic E-state index is 0.307. The van der Waals surface area contributed by atoms with Crippen LogP contribution in [0, 0.1) is 0 Å². The molecule has 1 saturated heterocycles. The molecule has 2 aromatic heterocycles. The van der Waals surface area contributed by atoms with E-state index in [0.717, 1.165) is 6.42 Å². The first-order chi connectivity index (χ1) is 13.8. The summed E-state index contributed by atoms with van der Waals surface area (Å²) in [6.07, 6.45) is 1.31. The number of nitrogens with zero attached hydrogens (tertiary/aromatic N) is 4. The minimum Gasteiger partial charge on any atom is -0.388 e. The van der Waals surface area contributed by atoms with Gasteiger partial charge in [-0.3, -0.25) is 9.13 Å². The molecule has 29 heavy (non-hydrogen) atoms. The molecule has 3 N–H and O–H groups in total. The van der Waals surface area contributed by atoms with Gasteiger partial charge in [-0.25, -0.2) is 15.0 Å². The second kappa shape index (κ2) is 9.06. The number of hydrogen-bond donors (Lipinski definition) is 3. The third kappa shape index (κ3) is 4.46. The SMILES string of the molecule is CCC[PH](=O)O[C@@](C)(CC)C[C@H]1OC(n2cnc3c(NC)ncnc32)[C@H](O)[C@@H]1O. The van der Waals surface area contributed by atoms with Crippen molar-refractivity contribution in [1.29, 1.82) is 0 Å². The predicted molar refractivity (Wildman–Crippen MR) is 109 cm³/mol.